The van der Waals surface area contributed by atoms with E-state index in [4.69, 9.17) is 18.0 Å². The molecule has 0 amide bonds. The number of fused-ring (bicyclic) bond motifs is 1. The molecule has 1 aromatic heterocycles. The third-order valence-electron chi connectivity index (χ3n) is 3.94. The van der Waals surface area contributed by atoms with Crippen molar-refractivity contribution in [1.29, 1.82) is 0 Å². The lowest BCUT2D eigenvalue weighted by atomic mass is 9.95. The number of aromatic nitrogens is 1. The molecule has 0 saturated heterocycles. The van der Waals surface area contributed by atoms with Gasteiger partial charge in [-0.1, -0.05) is 49.7 Å². The number of thiocarbonyl (C=S) groups is 1. The molecule has 0 radical (unpaired) electrons. The summed E-state index contributed by atoms with van der Waals surface area (Å²) in [5.74, 6) is 0.887. The Morgan fingerprint density at radius 2 is 1.95 bits per heavy atom. The van der Waals surface area contributed by atoms with Gasteiger partial charge in [0, 0.05) is 17.0 Å². The molecule has 3 nitrogen and oxygen atoms in total. The first kappa shape index (κ1) is 13.3. The van der Waals surface area contributed by atoms with Crippen molar-refractivity contribution >= 4 is 33.9 Å². The molecule has 0 spiro atoms. The number of para-hydroxylation sites is 1. The summed E-state index contributed by atoms with van der Waals surface area (Å²) >= 11 is 5.18. The molecule has 0 bridgehead atoms. The summed E-state index contributed by atoms with van der Waals surface area (Å²) in [5, 5.41) is 4.56. The van der Waals surface area contributed by atoms with E-state index in [1.54, 1.807) is 0 Å². The summed E-state index contributed by atoms with van der Waals surface area (Å²) in [6.45, 7) is 0. The zero-order chi connectivity index (χ0) is 13.9. The Hall–Kier alpha value is -1.68. The van der Waals surface area contributed by atoms with Crippen LogP contribution in [0.15, 0.2) is 30.3 Å². The summed E-state index contributed by atoms with van der Waals surface area (Å²) in [7, 11) is 0. The minimum Gasteiger partial charge on any atom is -0.389 e. The molecule has 3 rings (SSSR count). The Kier molecular flexibility index (Phi) is 3.83. The lowest BCUT2D eigenvalue weighted by Crippen LogP contribution is -2.23. The lowest BCUT2D eigenvalue weighted by Gasteiger charge is -2.23. The quantitative estimate of drug-likeness (QED) is 0.846. The topological polar surface area (TPSA) is 50.9 Å². The Labute approximate surface area is 124 Å². The first-order valence-electron chi connectivity index (χ1n) is 7.20. The van der Waals surface area contributed by atoms with Crippen molar-refractivity contribution in [3.8, 4) is 0 Å². The Bertz CT molecular complexity index is 633. The molecule has 1 saturated carbocycles. The number of hydrogen-bond donors (Lipinski definition) is 2. The van der Waals surface area contributed by atoms with Crippen LogP contribution in [-0.4, -0.2) is 16.0 Å². The number of rotatable bonds is 3. The fraction of sp³-hybridized carbons (Fsp3) is 0.375. The van der Waals surface area contributed by atoms with Gasteiger partial charge in [0.25, 0.3) is 0 Å². The van der Waals surface area contributed by atoms with E-state index in [1.807, 2.05) is 30.3 Å². The molecule has 1 heterocycles. The predicted molar refractivity (Wildman–Crippen MR) is 88.1 cm³/mol. The molecule has 0 aliphatic heterocycles. The van der Waals surface area contributed by atoms with Crippen LogP contribution in [0.25, 0.3) is 10.9 Å². The third-order valence-corrected chi connectivity index (χ3v) is 4.16. The Morgan fingerprint density at radius 3 is 2.70 bits per heavy atom. The summed E-state index contributed by atoms with van der Waals surface area (Å²) < 4.78 is 0. The van der Waals surface area contributed by atoms with Crippen molar-refractivity contribution < 1.29 is 0 Å². The van der Waals surface area contributed by atoms with Crippen LogP contribution in [0.4, 0.5) is 5.82 Å². The molecule has 1 aromatic carbocycles. The minimum absolute atomic E-state index is 0.426. The van der Waals surface area contributed by atoms with Crippen LogP contribution in [0.2, 0.25) is 0 Å². The smallest absolute Gasteiger partial charge is 0.127 e. The molecule has 3 N–H and O–H groups in total. The van der Waals surface area contributed by atoms with E-state index in [1.165, 1.54) is 32.1 Å². The van der Waals surface area contributed by atoms with Crippen LogP contribution in [0, 0.1) is 0 Å². The van der Waals surface area contributed by atoms with Crippen LogP contribution in [0.1, 0.15) is 37.7 Å². The van der Waals surface area contributed by atoms with Gasteiger partial charge in [0.2, 0.25) is 0 Å². The highest BCUT2D eigenvalue weighted by atomic mass is 32.1. The van der Waals surface area contributed by atoms with E-state index in [-0.39, 0.29) is 0 Å². The van der Waals surface area contributed by atoms with E-state index in [9.17, 15) is 0 Å². The van der Waals surface area contributed by atoms with Gasteiger partial charge < -0.3 is 11.1 Å². The van der Waals surface area contributed by atoms with Gasteiger partial charge in [-0.2, -0.15) is 0 Å². The van der Waals surface area contributed by atoms with Gasteiger partial charge in [-0.15, -0.1) is 0 Å². The van der Waals surface area contributed by atoms with E-state index >= 15 is 0 Å². The van der Waals surface area contributed by atoms with Crippen molar-refractivity contribution in [3.63, 3.8) is 0 Å². The molecular weight excluding hydrogens is 266 g/mol. The van der Waals surface area contributed by atoms with Crippen LogP contribution >= 0.6 is 12.2 Å². The predicted octanol–water partition coefficient (Wildman–Crippen LogP) is 3.61. The molecule has 0 atom stereocenters. The van der Waals surface area contributed by atoms with Crippen molar-refractivity contribution in [2.75, 3.05) is 5.32 Å². The Morgan fingerprint density at radius 1 is 1.20 bits per heavy atom. The number of nitrogens with one attached hydrogen (secondary N) is 1. The lowest BCUT2D eigenvalue weighted by molar-refractivity contribution is 0.462. The number of benzene rings is 1. The van der Waals surface area contributed by atoms with Gasteiger partial charge in [0.1, 0.15) is 10.8 Å². The maximum atomic E-state index is 5.86. The molecule has 1 aliphatic carbocycles. The summed E-state index contributed by atoms with van der Waals surface area (Å²) in [6, 6.07) is 10.5. The SMILES string of the molecule is NC(=S)c1cc(NC2CCCCC2)nc2ccccc12. The van der Waals surface area contributed by atoms with Crippen LogP contribution in [0.5, 0.6) is 0 Å². The van der Waals surface area contributed by atoms with Gasteiger partial charge in [-0.3, -0.25) is 0 Å². The average molecular weight is 285 g/mol. The van der Waals surface area contributed by atoms with Crippen molar-refractivity contribution in [3.05, 3.63) is 35.9 Å². The first-order chi connectivity index (χ1) is 9.74. The monoisotopic (exact) mass is 285 g/mol. The molecule has 104 valence electrons. The second-order valence-corrected chi connectivity index (χ2v) is 5.86. The molecule has 20 heavy (non-hydrogen) atoms. The third kappa shape index (κ3) is 2.75. The molecule has 1 fully saturated rings. The molecule has 4 heteroatoms. The first-order valence-corrected chi connectivity index (χ1v) is 7.61. The van der Waals surface area contributed by atoms with Gasteiger partial charge in [0.05, 0.1) is 5.52 Å². The summed E-state index contributed by atoms with van der Waals surface area (Å²) in [6.07, 6.45) is 6.39. The number of pyridine rings is 1. The second-order valence-electron chi connectivity index (χ2n) is 5.42. The zero-order valence-corrected chi connectivity index (χ0v) is 12.2. The van der Waals surface area contributed by atoms with Gasteiger partial charge in [-0.25, -0.2) is 4.98 Å². The van der Waals surface area contributed by atoms with E-state index < -0.39 is 0 Å². The van der Waals surface area contributed by atoms with Crippen molar-refractivity contribution in [2.45, 2.75) is 38.1 Å². The highest BCUT2D eigenvalue weighted by Crippen LogP contribution is 2.24. The van der Waals surface area contributed by atoms with Crippen LogP contribution in [-0.2, 0) is 0 Å². The maximum Gasteiger partial charge on any atom is 0.127 e. The standard InChI is InChI=1S/C16H19N3S/c17-16(20)13-10-15(18-11-6-2-1-3-7-11)19-14-9-5-4-8-12(13)14/h4-5,8-11H,1-3,6-7H2,(H2,17,20)(H,18,19). The highest BCUT2D eigenvalue weighted by molar-refractivity contribution is 7.80. The molecular formula is C16H19N3S. The molecule has 1 aliphatic rings. The van der Waals surface area contributed by atoms with Gasteiger partial charge in [0.15, 0.2) is 0 Å². The van der Waals surface area contributed by atoms with E-state index in [0.717, 1.165) is 22.3 Å². The number of nitrogens with two attached hydrogens (primary N) is 1. The normalized spacial score (nSPS) is 16.2. The zero-order valence-electron chi connectivity index (χ0n) is 11.4. The van der Waals surface area contributed by atoms with E-state index in [2.05, 4.69) is 10.3 Å². The largest absolute Gasteiger partial charge is 0.389 e. The summed E-state index contributed by atoms with van der Waals surface area (Å²) in [5.41, 5.74) is 7.71. The fourth-order valence-corrected chi connectivity index (χ4v) is 3.08. The summed E-state index contributed by atoms with van der Waals surface area (Å²) in [4.78, 5) is 5.11. The van der Waals surface area contributed by atoms with Crippen LogP contribution < -0.4 is 11.1 Å². The number of hydrogen-bond acceptors (Lipinski definition) is 3. The number of anilines is 1. The maximum absolute atomic E-state index is 5.86. The minimum atomic E-state index is 0.426. The van der Waals surface area contributed by atoms with Gasteiger partial charge in [-0.05, 0) is 25.0 Å². The van der Waals surface area contributed by atoms with E-state index in [0.29, 0.717) is 11.0 Å². The molecule has 2 aromatic rings. The average Bonchev–Trinajstić information content (AvgIpc) is 2.47. The Balaban J connectivity index is 1.96. The van der Waals surface area contributed by atoms with Crippen LogP contribution in [0.3, 0.4) is 0 Å². The fourth-order valence-electron chi connectivity index (χ4n) is 2.91. The second kappa shape index (κ2) is 5.75. The number of nitrogens with zero attached hydrogens (tertiary/aromatic N) is 1. The molecule has 0 unspecified atom stereocenters. The van der Waals surface area contributed by atoms with Gasteiger partial charge >= 0.3 is 0 Å². The van der Waals surface area contributed by atoms with Crippen molar-refractivity contribution in [1.82, 2.24) is 4.98 Å². The highest BCUT2D eigenvalue weighted by Gasteiger charge is 2.15. The van der Waals surface area contributed by atoms with Crippen molar-refractivity contribution in [2.24, 2.45) is 5.73 Å².